The number of nitrogens with zero attached hydrogens (tertiary/aromatic N) is 3. The van der Waals surface area contributed by atoms with E-state index >= 15 is 0 Å². The van der Waals surface area contributed by atoms with Crippen LogP contribution in [0, 0.1) is 0 Å². The maximum Gasteiger partial charge on any atom is 0.274 e. The molecular formula is C18H23N5O3. The molecule has 3 heterocycles. The largest absolute Gasteiger partial charge is 0.463 e. The van der Waals surface area contributed by atoms with E-state index in [0.29, 0.717) is 49.4 Å². The van der Waals surface area contributed by atoms with E-state index in [-0.39, 0.29) is 17.9 Å². The minimum atomic E-state index is -0.163. The molecule has 8 nitrogen and oxygen atoms in total. The minimum Gasteiger partial charge on any atom is -0.463 e. The predicted octanol–water partition coefficient (Wildman–Crippen LogP) is 1.09. The number of carbonyl (C=O) groups is 2. The summed E-state index contributed by atoms with van der Waals surface area (Å²) in [6.07, 6.45) is 3.76. The molecule has 1 saturated heterocycles. The average Bonchev–Trinajstić information content (AvgIpc) is 3.14. The number of hydrogen-bond donors (Lipinski definition) is 2. The van der Waals surface area contributed by atoms with Crippen molar-refractivity contribution in [3.63, 3.8) is 0 Å². The van der Waals surface area contributed by atoms with Crippen molar-refractivity contribution < 1.29 is 14.0 Å². The lowest BCUT2D eigenvalue weighted by atomic mass is 10.2. The van der Waals surface area contributed by atoms with Crippen molar-refractivity contribution in [2.45, 2.75) is 31.8 Å². The number of hydrogen-bond acceptors (Lipinski definition) is 5. The number of furan rings is 1. The number of carbonyl (C=O) groups excluding carboxylic acids is 2. The van der Waals surface area contributed by atoms with Gasteiger partial charge in [0.2, 0.25) is 5.91 Å². The van der Waals surface area contributed by atoms with Crippen LogP contribution in [0.5, 0.6) is 0 Å². The van der Waals surface area contributed by atoms with Crippen LogP contribution in [0.3, 0.4) is 0 Å². The highest BCUT2D eigenvalue weighted by atomic mass is 16.3. The van der Waals surface area contributed by atoms with Crippen molar-refractivity contribution >= 4 is 11.8 Å². The molecule has 2 amide bonds. The Kier molecular flexibility index (Phi) is 4.50. The van der Waals surface area contributed by atoms with Gasteiger partial charge in [0.05, 0.1) is 12.3 Å². The lowest BCUT2D eigenvalue weighted by Gasteiger charge is -2.37. The van der Waals surface area contributed by atoms with Crippen LogP contribution in [0.1, 0.15) is 30.3 Å². The molecule has 0 spiro atoms. The number of rotatable bonds is 5. The van der Waals surface area contributed by atoms with Crippen molar-refractivity contribution in [1.82, 2.24) is 25.3 Å². The van der Waals surface area contributed by atoms with Crippen molar-refractivity contribution in [2.75, 3.05) is 26.2 Å². The van der Waals surface area contributed by atoms with Crippen LogP contribution in [0.25, 0.3) is 11.5 Å². The second-order valence-corrected chi connectivity index (χ2v) is 6.93. The van der Waals surface area contributed by atoms with Crippen LogP contribution >= 0.6 is 0 Å². The molecule has 1 aliphatic heterocycles. The fourth-order valence-electron chi connectivity index (χ4n) is 3.18. The number of aromatic nitrogens is 2. The zero-order valence-electron chi connectivity index (χ0n) is 14.8. The van der Waals surface area contributed by atoms with E-state index in [1.807, 2.05) is 13.0 Å². The average molecular weight is 357 g/mol. The molecule has 2 fully saturated rings. The molecule has 0 bridgehead atoms. The lowest BCUT2D eigenvalue weighted by Crippen LogP contribution is -2.55. The Morgan fingerprint density at radius 3 is 2.73 bits per heavy atom. The molecule has 8 heteroatoms. The summed E-state index contributed by atoms with van der Waals surface area (Å²) < 4.78 is 5.31. The lowest BCUT2D eigenvalue weighted by molar-refractivity contribution is -0.126. The smallest absolute Gasteiger partial charge is 0.274 e. The van der Waals surface area contributed by atoms with Crippen LogP contribution in [-0.2, 0) is 4.79 Å². The van der Waals surface area contributed by atoms with Crippen LogP contribution < -0.4 is 5.32 Å². The first kappa shape index (κ1) is 16.8. The topological polar surface area (TPSA) is 94.5 Å². The molecule has 0 aromatic carbocycles. The van der Waals surface area contributed by atoms with Gasteiger partial charge in [0, 0.05) is 38.3 Å². The first-order valence-electron chi connectivity index (χ1n) is 9.05. The molecule has 2 aromatic rings. The summed E-state index contributed by atoms with van der Waals surface area (Å²) in [5.41, 5.74) is 1.06. The third kappa shape index (κ3) is 3.50. The second-order valence-electron chi connectivity index (χ2n) is 6.93. The number of nitrogens with one attached hydrogen (secondary N) is 2. The molecule has 1 atom stereocenters. The Labute approximate surface area is 151 Å². The van der Waals surface area contributed by atoms with Gasteiger partial charge in [0.1, 0.15) is 5.69 Å². The second kappa shape index (κ2) is 6.95. The van der Waals surface area contributed by atoms with E-state index in [1.54, 1.807) is 23.3 Å². The van der Waals surface area contributed by atoms with Gasteiger partial charge in [-0.3, -0.25) is 19.6 Å². The monoisotopic (exact) mass is 357 g/mol. The third-order valence-corrected chi connectivity index (χ3v) is 5.04. The summed E-state index contributed by atoms with van der Waals surface area (Å²) in [5, 5.41) is 10.00. The van der Waals surface area contributed by atoms with Gasteiger partial charge in [0.15, 0.2) is 11.5 Å². The molecular weight excluding hydrogens is 334 g/mol. The third-order valence-electron chi connectivity index (χ3n) is 5.04. The van der Waals surface area contributed by atoms with E-state index < -0.39 is 0 Å². The predicted molar refractivity (Wildman–Crippen MR) is 94.4 cm³/mol. The van der Waals surface area contributed by atoms with Crippen LogP contribution in [0.15, 0.2) is 28.9 Å². The van der Waals surface area contributed by atoms with Gasteiger partial charge in [-0.25, -0.2) is 0 Å². The highest BCUT2D eigenvalue weighted by molar-refractivity contribution is 5.93. The Morgan fingerprint density at radius 2 is 2.08 bits per heavy atom. The Bertz CT molecular complexity index is 773. The fraction of sp³-hybridized carbons (Fsp3) is 0.500. The number of H-pyrrole nitrogens is 1. The molecule has 2 aromatic heterocycles. The van der Waals surface area contributed by atoms with Crippen LogP contribution in [0.4, 0.5) is 0 Å². The summed E-state index contributed by atoms with van der Waals surface area (Å²) in [5.74, 6) is 0.633. The normalized spacial score (nSPS) is 19.3. The molecule has 2 aliphatic rings. The van der Waals surface area contributed by atoms with E-state index in [4.69, 9.17) is 4.42 Å². The summed E-state index contributed by atoms with van der Waals surface area (Å²) in [6, 6.07) is 5.52. The Balaban J connectivity index is 1.32. The van der Waals surface area contributed by atoms with Gasteiger partial charge in [0.25, 0.3) is 5.91 Å². The van der Waals surface area contributed by atoms with Gasteiger partial charge in [-0.1, -0.05) is 0 Å². The van der Waals surface area contributed by atoms with E-state index in [0.717, 1.165) is 12.8 Å². The molecule has 2 N–H and O–H groups in total. The number of piperazine rings is 1. The van der Waals surface area contributed by atoms with Crippen LogP contribution in [0.2, 0.25) is 0 Å². The first-order valence-corrected chi connectivity index (χ1v) is 9.05. The Hall–Kier alpha value is -2.61. The molecule has 0 radical (unpaired) electrons. The standard InChI is InChI=1S/C18H23N5O3/c1-12(17(24)19-13-4-5-13)22-6-8-23(9-7-22)18(25)15-11-14(20-21-15)16-3-2-10-26-16/h2-3,10-13H,4-9H2,1H3,(H,19,24)(H,20,21). The molecule has 1 saturated carbocycles. The van der Waals surface area contributed by atoms with Gasteiger partial charge in [-0.2, -0.15) is 5.10 Å². The number of amides is 2. The van der Waals surface area contributed by atoms with Gasteiger partial charge < -0.3 is 14.6 Å². The fourth-order valence-corrected chi connectivity index (χ4v) is 3.18. The van der Waals surface area contributed by atoms with Crippen molar-refractivity contribution in [1.29, 1.82) is 0 Å². The maximum atomic E-state index is 12.7. The van der Waals surface area contributed by atoms with Gasteiger partial charge >= 0.3 is 0 Å². The van der Waals surface area contributed by atoms with E-state index in [9.17, 15) is 9.59 Å². The summed E-state index contributed by atoms with van der Waals surface area (Å²) in [7, 11) is 0. The van der Waals surface area contributed by atoms with E-state index in [1.165, 1.54) is 0 Å². The zero-order valence-corrected chi connectivity index (χ0v) is 14.8. The SMILES string of the molecule is CC(C(=O)NC1CC1)N1CCN(C(=O)c2cc(-c3ccco3)[nH]n2)CC1. The molecule has 1 unspecified atom stereocenters. The Morgan fingerprint density at radius 1 is 1.31 bits per heavy atom. The highest BCUT2D eigenvalue weighted by Crippen LogP contribution is 2.20. The summed E-state index contributed by atoms with van der Waals surface area (Å²) >= 11 is 0. The summed E-state index contributed by atoms with van der Waals surface area (Å²) in [6.45, 7) is 4.46. The van der Waals surface area contributed by atoms with Crippen LogP contribution in [-0.4, -0.2) is 70.1 Å². The number of aromatic amines is 1. The molecule has 4 rings (SSSR count). The van der Waals surface area contributed by atoms with Gasteiger partial charge in [-0.05, 0) is 31.9 Å². The van der Waals surface area contributed by atoms with Gasteiger partial charge in [-0.15, -0.1) is 0 Å². The summed E-state index contributed by atoms with van der Waals surface area (Å²) in [4.78, 5) is 28.8. The highest BCUT2D eigenvalue weighted by Gasteiger charge is 2.31. The maximum absolute atomic E-state index is 12.7. The minimum absolute atomic E-state index is 0.0858. The molecule has 138 valence electrons. The first-order chi connectivity index (χ1) is 12.6. The van der Waals surface area contributed by atoms with Crippen molar-refractivity contribution in [3.8, 4) is 11.5 Å². The van der Waals surface area contributed by atoms with E-state index in [2.05, 4.69) is 20.4 Å². The quantitative estimate of drug-likeness (QED) is 0.835. The van der Waals surface area contributed by atoms with Crippen molar-refractivity contribution in [3.05, 3.63) is 30.2 Å². The zero-order chi connectivity index (χ0) is 18.1. The molecule has 26 heavy (non-hydrogen) atoms. The van der Waals surface area contributed by atoms with Crippen molar-refractivity contribution in [2.24, 2.45) is 0 Å². The molecule has 1 aliphatic carbocycles.